The first-order valence-corrected chi connectivity index (χ1v) is 8.19. The standard InChI is InChI=1S/C20H23NO3/c1-23-17-10-8-16(9-11-17)18-13-21(14-19(18)20(22)24-2)12-15-6-4-3-5-7-15/h3-11,18-19H,12-14H2,1-2H3/t18-,19+/m1/s1. The Bertz CT molecular complexity index is 669. The highest BCUT2D eigenvalue weighted by molar-refractivity contribution is 5.74. The molecule has 1 aliphatic rings. The Morgan fingerprint density at radius 2 is 1.75 bits per heavy atom. The van der Waals surface area contributed by atoms with E-state index >= 15 is 0 Å². The number of rotatable bonds is 5. The van der Waals surface area contributed by atoms with Crippen LogP contribution in [0, 0.1) is 5.92 Å². The number of carbonyl (C=O) groups is 1. The predicted octanol–water partition coefficient (Wildman–Crippen LogP) is 3.08. The number of hydrogen-bond acceptors (Lipinski definition) is 4. The van der Waals surface area contributed by atoms with Gasteiger partial charge in [0.1, 0.15) is 5.75 Å². The van der Waals surface area contributed by atoms with Crippen molar-refractivity contribution in [3.8, 4) is 5.75 Å². The topological polar surface area (TPSA) is 38.8 Å². The summed E-state index contributed by atoms with van der Waals surface area (Å²) in [5, 5.41) is 0. The van der Waals surface area contributed by atoms with Crippen molar-refractivity contribution in [1.82, 2.24) is 4.90 Å². The third-order valence-corrected chi connectivity index (χ3v) is 4.69. The number of benzene rings is 2. The molecule has 0 unspecified atom stereocenters. The molecule has 1 fully saturated rings. The number of ether oxygens (including phenoxy) is 2. The molecule has 0 aliphatic carbocycles. The molecule has 0 spiro atoms. The molecule has 3 rings (SSSR count). The van der Waals surface area contributed by atoms with Crippen LogP contribution in [0.3, 0.4) is 0 Å². The number of hydrogen-bond donors (Lipinski definition) is 0. The second-order valence-corrected chi connectivity index (χ2v) is 6.19. The van der Waals surface area contributed by atoms with Gasteiger partial charge in [-0.05, 0) is 23.3 Å². The third-order valence-electron chi connectivity index (χ3n) is 4.69. The molecular weight excluding hydrogens is 302 g/mol. The number of likely N-dealkylation sites (tertiary alicyclic amines) is 1. The van der Waals surface area contributed by atoms with E-state index in [1.165, 1.54) is 12.7 Å². The molecule has 4 nitrogen and oxygen atoms in total. The number of carbonyl (C=O) groups excluding carboxylic acids is 1. The minimum Gasteiger partial charge on any atom is -0.497 e. The van der Waals surface area contributed by atoms with E-state index in [9.17, 15) is 4.79 Å². The smallest absolute Gasteiger partial charge is 0.310 e. The molecule has 0 bridgehead atoms. The van der Waals surface area contributed by atoms with Gasteiger partial charge in [-0.3, -0.25) is 9.69 Å². The van der Waals surface area contributed by atoms with Crippen LogP contribution in [-0.4, -0.2) is 38.2 Å². The Labute approximate surface area is 143 Å². The highest BCUT2D eigenvalue weighted by Gasteiger charge is 2.39. The van der Waals surface area contributed by atoms with Gasteiger partial charge in [0.2, 0.25) is 0 Å². The van der Waals surface area contributed by atoms with Gasteiger partial charge in [0, 0.05) is 25.6 Å². The summed E-state index contributed by atoms with van der Waals surface area (Å²) in [4.78, 5) is 14.6. The molecule has 1 saturated heterocycles. The molecule has 0 radical (unpaired) electrons. The Morgan fingerprint density at radius 1 is 1.04 bits per heavy atom. The predicted molar refractivity (Wildman–Crippen MR) is 93.0 cm³/mol. The van der Waals surface area contributed by atoms with Gasteiger partial charge in [-0.15, -0.1) is 0 Å². The fourth-order valence-corrected chi connectivity index (χ4v) is 3.44. The molecule has 0 saturated carbocycles. The average Bonchev–Trinajstić information content (AvgIpc) is 3.05. The Morgan fingerprint density at radius 3 is 2.38 bits per heavy atom. The highest BCUT2D eigenvalue weighted by Crippen LogP contribution is 2.35. The van der Waals surface area contributed by atoms with Gasteiger partial charge in [-0.25, -0.2) is 0 Å². The van der Waals surface area contributed by atoms with Crippen LogP contribution >= 0.6 is 0 Å². The van der Waals surface area contributed by atoms with Crippen LogP contribution in [0.1, 0.15) is 17.0 Å². The van der Waals surface area contributed by atoms with Crippen LogP contribution in [0.25, 0.3) is 0 Å². The normalized spacial score (nSPS) is 20.8. The minimum atomic E-state index is -0.133. The van der Waals surface area contributed by atoms with Crippen molar-refractivity contribution >= 4 is 5.97 Å². The van der Waals surface area contributed by atoms with Crippen molar-refractivity contribution < 1.29 is 14.3 Å². The Balaban J connectivity index is 1.78. The summed E-state index contributed by atoms with van der Waals surface area (Å²) >= 11 is 0. The summed E-state index contributed by atoms with van der Waals surface area (Å²) in [7, 11) is 3.12. The van der Waals surface area contributed by atoms with E-state index in [0.29, 0.717) is 0 Å². The lowest BCUT2D eigenvalue weighted by molar-refractivity contribution is -0.145. The zero-order valence-electron chi connectivity index (χ0n) is 14.1. The van der Waals surface area contributed by atoms with Crippen molar-refractivity contribution in [2.45, 2.75) is 12.5 Å². The van der Waals surface area contributed by atoms with Crippen molar-refractivity contribution in [1.29, 1.82) is 0 Å². The van der Waals surface area contributed by atoms with Crippen LogP contribution in [0.5, 0.6) is 5.75 Å². The largest absolute Gasteiger partial charge is 0.497 e. The van der Waals surface area contributed by atoms with E-state index in [1.807, 2.05) is 42.5 Å². The molecule has 126 valence electrons. The quantitative estimate of drug-likeness (QED) is 0.792. The third kappa shape index (κ3) is 3.60. The molecule has 2 atom stereocenters. The lowest BCUT2D eigenvalue weighted by Crippen LogP contribution is -2.24. The van der Waals surface area contributed by atoms with Gasteiger partial charge in [0.05, 0.1) is 20.1 Å². The van der Waals surface area contributed by atoms with Crippen molar-refractivity contribution in [2.75, 3.05) is 27.3 Å². The first-order chi connectivity index (χ1) is 11.7. The summed E-state index contributed by atoms with van der Waals surface area (Å²) in [5.74, 6) is 0.707. The molecule has 0 amide bonds. The fourth-order valence-electron chi connectivity index (χ4n) is 3.44. The average molecular weight is 325 g/mol. The molecular formula is C20H23NO3. The molecule has 24 heavy (non-hydrogen) atoms. The maximum Gasteiger partial charge on any atom is 0.310 e. The molecule has 0 N–H and O–H groups in total. The van der Waals surface area contributed by atoms with Crippen molar-refractivity contribution in [3.05, 3.63) is 65.7 Å². The van der Waals surface area contributed by atoms with Crippen LogP contribution in [-0.2, 0) is 16.1 Å². The highest BCUT2D eigenvalue weighted by atomic mass is 16.5. The lowest BCUT2D eigenvalue weighted by atomic mass is 9.89. The second-order valence-electron chi connectivity index (χ2n) is 6.19. The van der Waals surface area contributed by atoms with Crippen molar-refractivity contribution in [3.63, 3.8) is 0 Å². The van der Waals surface area contributed by atoms with Gasteiger partial charge in [-0.2, -0.15) is 0 Å². The maximum absolute atomic E-state index is 12.2. The van der Waals surface area contributed by atoms with Gasteiger partial charge in [0.25, 0.3) is 0 Å². The molecule has 2 aromatic carbocycles. The summed E-state index contributed by atoms with van der Waals surface area (Å²) < 4.78 is 10.3. The van der Waals surface area contributed by atoms with Gasteiger partial charge in [-0.1, -0.05) is 42.5 Å². The summed E-state index contributed by atoms with van der Waals surface area (Å²) in [6.07, 6.45) is 0. The van der Waals surface area contributed by atoms with E-state index in [-0.39, 0.29) is 17.8 Å². The van der Waals surface area contributed by atoms with Crippen LogP contribution in [0.2, 0.25) is 0 Å². The van der Waals surface area contributed by atoms with E-state index < -0.39 is 0 Å². The zero-order chi connectivity index (χ0) is 16.9. The minimum absolute atomic E-state index is 0.132. The summed E-state index contributed by atoms with van der Waals surface area (Å²) in [5.41, 5.74) is 2.42. The lowest BCUT2D eigenvalue weighted by Gasteiger charge is -2.17. The molecule has 4 heteroatoms. The number of esters is 1. The Kier molecular flexibility index (Phi) is 5.16. The molecule has 0 aromatic heterocycles. The van der Waals surface area contributed by atoms with Gasteiger partial charge >= 0.3 is 5.97 Å². The first-order valence-electron chi connectivity index (χ1n) is 8.19. The van der Waals surface area contributed by atoms with Gasteiger partial charge in [0.15, 0.2) is 0 Å². The Hall–Kier alpha value is -2.33. The molecule has 1 aliphatic heterocycles. The van der Waals surface area contributed by atoms with Gasteiger partial charge < -0.3 is 9.47 Å². The summed E-state index contributed by atoms with van der Waals surface area (Å²) in [6.45, 7) is 2.42. The molecule has 2 aromatic rings. The van der Waals surface area contributed by atoms with Crippen molar-refractivity contribution in [2.24, 2.45) is 5.92 Å². The van der Waals surface area contributed by atoms with E-state index in [2.05, 4.69) is 17.0 Å². The van der Waals surface area contributed by atoms with E-state index in [4.69, 9.17) is 9.47 Å². The number of methoxy groups -OCH3 is 2. The SMILES string of the molecule is COC(=O)[C@H]1CN(Cc2ccccc2)C[C@@H]1c1ccc(OC)cc1. The maximum atomic E-state index is 12.2. The number of nitrogens with zero attached hydrogens (tertiary/aromatic N) is 1. The van der Waals surface area contributed by atoms with E-state index in [1.54, 1.807) is 7.11 Å². The van der Waals surface area contributed by atoms with Crippen LogP contribution < -0.4 is 4.74 Å². The van der Waals surface area contributed by atoms with Crippen LogP contribution in [0.4, 0.5) is 0 Å². The fraction of sp³-hybridized carbons (Fsp3) is 0.350. The first kappa shape index (κ1) is 16.5. The summed E-state index contributed by atoms with van der Waals surface area (Å²) in [6, 6.07) is 18.3. The second kappa shape index (κ2) is 7.49. The van der Waals surface area contributed by atoms with E-state index in [0.717, 1.165) is 30.9 Å². The molecule has 1 heterocycles. The van der Waals surface area contributed by atoms with Crippen LogP contribution in [0.15, 0.2) is 54.6 Å². The zero-order valence-corrected chi connectivity index (χ0v) is 14.1. The monoisotopic (exact) mass is 325 g/mol.